The van der Waals surface area contributed by atoms with E-state index in [1.807, 2.05) is 24.4 Å². The van der Waals surface area contributed by atoms with Crippen molar-refractivity contribution in [3.8, 4) is 0 Å². The van der Waals surface area contributed by atoms with Gasteiger partial charge >= 0.3 is 0 Å². The van der Waals surface area contributed by atoms with Gasteiger partial charge in [0.1, 0.15) is 0 Å². The number of nitro benzene ring substituents is 1. The van der Waals surface area contributed by atoms with E-state index in [0.29, 0.717) is 11.3 Å². The summed E-state index contributed by atoms with van der Waals surface area (Å²) in [6, 6.07) is 4.60. The molecule has 2 heterocycles. The molecule has 25 heavy (non-hydrogen) atoms. The van der Waals surface area contributed by atoms with Crippen LogP contribution in [0.15, 0.2) is 30.5 Å². The van der Waals surface area contributed by atoms with Gasteiger partial charge in [-0.3, -0.25) is 19.3 Å². The molecule has 3 aromatic rings. The lowest BCUT2D eigenvalue weighted by Crippen LogP contribution is -2.08. The first-order chi connectivity index (χ1) is 11.8. The van der Waals surface area contributed by atoms with Crippen molar-refractivity contribution in [2.75, 3.05) is 5.32 Å². The number of carbonyl (C=O) groups is 1. The molecule has 7 nitrogen and oxygen atoms in total. The van der Waals surface area contributed by atoms with Crippen LogP contribution in [0, 0.1) is 30.9 Å². The largest absolute Gasteiger partial charge is 0.322 e. The van der Waals surface area contributed by atoms with Crippen molar-refractivity contribution < 1.29 is 9.72 Å². The molecule has 0 saturated carbocycles. The van der Waals surface area contributed by atoms with E-state index in [9.17, 15) is 14.9 Å². The standard InChI is InChI=1S/C17H16N4O3S/c1-10-4-5-13(8-15(10)21(23)24)19-16(22)7-6-14-12(3)18-17-20(14)9-11(2)25-17/h4-9H,1-3H3,(H,19,22)/b7-6+. The maximum absolute atomic E-state index is 12.1. The van der Waals surface area contributed by atoms with Crippen LogP contribution in [0.1, 0.15) is 21.8 Å². The van der Waals surface area contributed by atoms with Crippen molar-refractivity contribution in [3.05, 3.63) is 62.4 Å². The average molecular weight is 356 g/mol. The van der Waals surface area contributed by atoms with Gasteiger partial charge in [0.25, 0.3) is 5.69 Å². The predicted molar refractivity (Wildman–Crippen MR) is 98.0 cm³/mol. The number of anilines is 1. The van der Waals surface area contributed by atoms with Crippen LogP contribution in [0.2, 0.25) is 0 Å². The number of aromatic nitrogens is 2. The highest BCUT2D eigenvalue weighted by Gasteiger charge is 2.12. The second-order valence-electron chi connectivity index (χ2n) is 5.66. The fraction of sp³-hybridized carbons (Fsp3) is 0.176. The van der Waals surface area contributed by atoms with Gasteiger partial charge in [-0.15, -0.1) is 11.3 Å². The normalized spacial score (nSPS) is 11.3. The average Bonchev–Trinajstić information content (AvgIpc) is 3.02. The summed E-state index contributed by atoms with van der Waals surface area (Å²) in [4.78, 5) is 29.1. The number of nitrogens with zero attached hydrogens (tertiary/aromatic N) is 3. The number of aryl methyl sites for hydroxylation is 3. The Bertz CT molecular complexity index is 1020. The molecule has 0 aliphatic heterocycles. The summed E-state index contributed by atoms with van der Waals surface area (Å²) in [7, 11) is 0. The molecule has 0 aliphatic rings. The van der Waals surface area contributed by atoms with Crippen LogP contribution in [0.4, 0.5) is 11.4 Å². The third-order valence-corrected chi connectivity index (χ3v) is 4.63. The molecule has 1 amide bonds. The Morgan fingerprint density at radius 1 is 1.36 bits per heavy atom. The first kappa shape index (κ1) is 16.8. The van der Waals surface area contributed by atoms with Gasteiger partial charge < -0.3 is 5.32 Å². The zero-order chi connectivity index (χ0) is 18.1. The minimum atomic E-state index is -0.466. The molecular formula is C17H16N4O3S. The third kappa shape index (κ3) is 3.43. The van der Waals surface area contributed by atoms with Crippen molar-refractivity contribution in [1.82, 2.24) is 9.38 Å². The number of rotatable bonds is 4. The number of nitrogens with one attached hydrogen (secondary N) is 1. The first-order valence-corrected chi connectivity index (χ1v) is 8.36. The molecule has 0 radical (unpaired) electrons. The maximum atomic E-state index is 12.1. The molecule has 0 fully saturated rings. The Hall–Kier alpha value is -3.00. The van der Waals surface area contributed by atoms with Crippen LogP contribution < -0.4 is 5.32 Å². The van der Waals surface area contributed by atoms with E-state index < -0.39 is 4.92 Å². The summed E-state index contributed by atoms with van der Waals surface area (Å²) in [6.45, 7) is 5.54. The number of thiazole rings is 1. The summed E-state index contributed by atoms with van der Waals surface area (Å²) in [5.74, 6) is -0.362. The number of fused-ring (bicyclic) bond motifs is 1. The smallest absolute Gasteiger partial charge is 0.274 e. The molecule has 0 aliphatic carbocycles. The minimum absolute atomic E-state index is 0.0242. The van der Waals surface area contributed by atoms with Gasteiger partial charge in [0, 0.05) is 34.5 Å². The van der Waals surface area contributed by atoms with Crippen molar-refractivity contribution in [2.24, 2.45) is 0 Å². The fourth-order valence-corrected chi connectivity index (χ4v) is 3.38. The quantitative estimate of drug-likeness (QED) is 0.436. The van der Waals surface area contributed by atoms with E-state index in [2.05, 4.69) is 10.3 Å². The highest BCUT2D eigenvalue weighted by molar-refractivity contribution is 7.17. The van der Waals surface area contributed by atoms with Gasteiger partial charge in [-0.2, -0.15) is 0 Å². The van der Waals surface area contributed by atoms with E-state index in [1.54, 1.807) is 36.5 Å². The van der Waals surface area contributed by atoms with Gasteiger partial charge in [-0.05, 0) is 32.9 Å². The molecule has 0 bridgehead atoms. The molecule has 2 aromatic heterocycles. The van der Waals surface area contributed by atoms with Crippen molar-refractivity contribution in [3.63, 3.8) is 0 Å². The molecule has 8 heteroatoms. The second kappa shape index (κ2) is 6.48. The third-order valence-electron chi connectivity index (χ3n) is 3.73. The number of amides is 1. The van der Waals surface area contributed by atoms with Gasteiger partial charge in [-0.25, -0.2) is 4.98 Å². The Morgan fingerprint density at radius 2 is 2.12 bits per heavy atom. The summed E-state index contributed by atoms with van der Waals surface area (Å²) < 4.78 is 1.94. The van der Waals surface area contributed by atoms with Crippen LogP contribution in [-0.2, 0) is 4.79 Å². The molecule has 128 valence electrons. The molecule has 0 saturated heterocycles. The van der Waals surface area contributed by atoms with E-state index >= 15 is 0 Å². The Kier molecular flexibility index (Phi) is 4.37. The van der Waals surface area contributed by atoms with Crippen LogP contribution in [0.25, 0.3) is 11.0 Å². The first-order valence-electron chi connectivity index (χ1n) is 7.54. The molecule has 1 N–H and O–H groups in total. The number of nitro groups is 1. The highest BCUT2D eigenvalue weighted by Crippen LogP contribution is 2.23. The summed E-state index contributed by atoms with van der Waals surface area (Å²) >= 11 is 1.58. The molecular weight excluding hydrogens is 340 g/mol. The summed E-state index contributed by atoms with van der Waals surface area (Å²) in [5.41, 5.74) is 2.58. The number of carbonyl (C=O) groups excluding carboxylic acids is 1. The van der Waals surface area contributed by atoms with E-state index in [1.165, 1.54) is 12.1 Å². The van der Waals surface area contributed by atoms with Gasteiger partial charge in [0.05, 0.1) is 16.3 Å². The summed E-state index contributed by atoms with van der Waals surface area (Å²) in [5, 5.41) is 13.6. The zero-order valence-electron chi connectivity index (χ0n) is 13.9. The van der Waals surface area contributed by atoms with E-state index in [-0.39, 0.29) is 11.6 Å². The van der Waals surface area contributed by atoms with Crippen molar-refractivity contribution in [2.45, 2.75) is 20.8 Å². The lowest BCUT2D eigenvalue weighted by molar-refractivity contribution is -0.385. The Balaban J connectivity index is 1.80. The minimum Gasteiger partial charge on any atom is -0.322 e. The highest BCUT2D eigenvalue weighted by atomic mass is 32.1. The molecule has 3 rings (SSSR count). The lowest BCUT2D eigenvalue weighted by atomic mass is 10.2. The van der Waals surface area contributed by atoms with Gasteiger partial charge in [0.2, 0.25) is 5.91 Å². The Labute approximate surface area is 147 Å². The molecule has 0 spiro atoms. The zero-order valence-corrected chi connectivity index (χ0v) is 14.8. The molecule has 0 atom stereocenters. The summed E-state index contributed by atoms with van der Waals surface area (Å²) in [6.07, 6.45) is 5.06. The SMILES string of the molecule is Cc1cn2c(/C=C/C(=O)Nc3ccc(C)c([N+](=O)[O-])c3)c(C)nc2s1. The molecule has 0 unspecified atom stereocenters. The van der Waals surface area contributed by atoms with E-state index in [4.69, 9.17) is 0 Å². The second-order valence-corrected chi connectivity index (χ2v) is 6.87. The van der Waals surface area contributed by atoms with Crippen LogP contribution >= 0.6 is 11.3 Å². The number of hydrogen-bond acceptors (Lipinski definition) is 5. The van der Waals surface area contributed by atoms with Crippen LogP contribution in [0.3, 0.4) is 0 Å². The van der Waals surface area contributed by atoms with Gasteiger partial charge in [0.15, 0.2) is 4.96 Å². The van der Waals surface area contributed by atoms with Crippen LogP contribution in [-0.4, -0.2) is 20.2 Å². The molecule has 1 aromatic carbocycles. The number of benzene rings is 1. The fourth-order valence-electron chi connectivity index (χ4n) is 2.50. The van der Waals surface area contributed by atoms with Crippen molar-refractivity contribution in [1.29, 1.82) is 0 Å². The predicted octanol–water partition coefficient (Wildman–Crippen LogP) is 3.88. The van der Waals surface area contributed by atoms with E-state index in [0.717, 1.165) is 21.2 Å². The number of imidazole rings is 1. The van der Waals surface area contributed by atoms with Crippen LogP contribution in [0.5, 0.6) is 0 Å². The maximum Gasteiger partial charge on any atom is 0.274 e. The van der Waals surface area contributed by atoms with Crippen molar-refractivity contribution >= 4 is 39.7 Å². The Morgan fingerprint density at radius 3 is 2.84 bits per heavy atom. The topological polar surface area (TPSA) is 89.5 Å². The number of hydrogen-bond donors (Lipinski definition) is 1. The lowest BCUT2D eigenvalue weighted by Gasteiger charge is -2.03. The monoisotopic (exact) mass is 356 g/mol. The van der Waals surface area contributed by atoms with Gasteiger partial charge in [-0.1, -0.05) is 6.07 Å².